The molecule has 2 rings (SSSR count). The molecule has 112 valence electrons. The molecule has 0 saturated carbocycles. The van der Waals surface area contributed by atoms with Crippen molar-refractivity contribution in [2.24, 2.45) is 11.7 Å². The molecule has 4 heteroatoms. The maximum atomic E-state index is 9.94. The van der Waals surface area contributed by atoms with Gasteiger partial charge in [0.05, 0.1) is 5.60 Å². The monoisotopic (exact) mass is 269 g/mol. The summed E-state index contributed by atoms with van der Waals surface area (Å²) in [6.07, 6.45) is 6.23. The van der Waals surface area contributed by atoms with Gasteiger partial charge in [0.1, 0.15) is 0 Å². The number of nitrogens with two attached hydrogens (primary N) is 1. The maximum Gasteiger partial charge on any atom is 0.0753 e. The topological polar surface area (TPSA) is 52.7 Å². The Labute approximate surface area is 117 Å². The van der Waals surface area contributed by atoms with E-state index in [1.807, 2.05) is 6.92 Å². The van der Waals surface area contributed by atoms with Crippen molar-refractivity contribution in [2.75, 3.05) is 45.8 Å². The second-order valence-corrected chi connectivity index (χ2v) is 6.74. The maximum absolute atomic E-state index is 9.94. The van der Waals surface area contributed by atoms with Gasteiger partial charge in [-0.3, -0.25) is 0 Å². The van der Waals surface area contributed by atoms with Crippen molar-refractivity contribution in [3.8, 4) is 0 Å². The summed E-state index contributed by atoms with van der Waals surface area (Å²) < 4.78 is 0. The lowest BCUT2D eigenvalue weighted by molar-refractivity contribution is 0.0417. The predicted molar refractivity (Wildman–Crippen MR) is 79.1 cm³/mol. The van der Waals surface area contributed by atoms with Gasteiger partial charge in [-0.05, 0) is 71.1 Å². The molecule has 0 aromatic carbocycles. The van der Waals surface area contributed by atoms with E-state index in [-0.39, 0.29) is 0 Å². The third-order valence-electron chi connectivity index (χ3n) is 4.83. The highest BCUT2D eigenvalue weighted by Crippen LogP contribution is 2.21. The lowest BCUT2D eigenvalue weighted by Crippen LogP contribution is -2.42. The number of nitrogens with zero attached hydrogens (tertiary/aromatic N) is 2. The van der Waals surface area contributed by atoms with Gasteiger partial charge in [0, 0.05) is 19.6 Å². The Hall–Kier alpha value is -0.160. The summed E-state index contributed by atoms with van der Waals surface area (Å²) >= 11 is 0. The zero-order valence-corrected chi connectivity index (χ0v) is 12.5. The van der Waals surface area contributed by atoms with E-state index in [1.54, 1.807) is 0 Å². The number of rotatable bonds is 6. The molecule has 4 nitrogen and oxygen atoms in total. The van der Waals surface area contributed by atoms with Gasteiger partial charge in [-0.2, -0.15) is 0 Å². The molecule has 0 radical (unpaired) electrons. The summed E-state index contributed by atoms with van der Waals surface area (Å²) in [5.74, 6) is 0.893. The molecule has 0 aromatic rings. The molecule has 0 bridgehead atoms. The molecule has 2 fully saturated rings. The molecule has 0 spiro atoms. The fourth-order valence-corrected chi connectivity index (χ4v) is 3.22. The molecule has 2 aliphatic heterocycles. The van der Waals surface area contributed by atoms with Crippen LogP contribution in [0.2, 0.25) is 0 Å². The number of hydrogen-bond acceptors (Lipinski definition) is 4. The van der Waals surface area contributed by atoms with Gasteiger partial charge in [-0.15, -0.1) is 0 Å². The van der Waals surface area contributed by atoms with Crippen LogP contribution in [0, 0.1) is 5.92 Å². The molecule has 2 heterocycles. The van der Waals surface area contributed by atoms with Crippen molar-refractivity contribution in [3.05, 3.63) is 0 Å². The molecular weight excluding hydrogens is 238 g/mol. The minimum Gasteiger partial charge on any atom is -0.389 e. The largest absolute Gasteiger partial charge is 0.389 e. The average Bonchev–Trinajstić information content (AvgIpc) is 2.91. The van der Waals surface area contributed by atoms with Crippen LogP contribution in [0.4, 0.5) is 0 Å². The van der Waals surface area contributed by atoms with Crippen LogP contribution in [0.5, 0.6) is 0 Å². The molecule has 2 aliphatic rings. The zero-order valence-electron chi connectivity index (χ0n) is 12.5. The average molecular weight is 269 g/mol. The van der Waals surface area contributed by atoms with E-state index in [2.05, 4.69) is 9.80 Å². The van der Waals surface area contributed by atoms with Crippen LogP contribution in [-0.4, -0.2) is 66.3 Å². The first-order valence-corrected chi connectivity index (χ1v) is 7.96. The molecule has 0 aromatic heterocycles. The Morgan fingerprint density at radius 3 is 2.32 bits per heavy atom. The lowest BCUT2D eigenvalue weighted by Gasteiger charge is -2.35. The first-order chi connectivity index (χ1) is 9.09. The number of hydrogen-bond donors (Lipinski definition) is 2. The van der Waals surface area contributed by atoms with Crippen LogP contribution in [0.1, 0.15) is 39.0 Å². The van der Waals surface area contributed by atoms with Gasteiger partial charge in [-0.25, -0.2) is 0 Å². The Kier molecular flexibility index (Phi) is 5.63. The second kappa shape index (κ2) is 7.02. The highest BCUT2D eigenvalue weighted by molar-refractivity contribution is 4.80. The Balaban J connectivity index is 1.62. The smallest absolute Gasteiger partial charge is 0.0753 e. The summed E-state index contributed by atoms with van der Waals surface area (Å²) in [5.41, 5.74) is 4.87. The molecule has 19 heavy (non-hydrogen) atoms. The van der Waals surface area contributed by atoms with Crippen LogP contribution < -0.4 is 5.73 Å². The van der Waals surface area contributed by atoms with Gasteiger partial charge in [0.25, 0.3) is 0 Å². The fraction of sp³-hybridized carbons (Fsp3) is 1.00. The Morgan fingerprint density at radius 1 is 1.11 bits per heavy atom. The summed E-state index contributed by atoms with van der Waals surface area (Å²) in [6, 6.07) is 0. The minimum atomic E-state index is -0.688. The third kappa shape index (κ3) is 5.03. The van der Waals surface area contributed by atoms with E-state index < -0.39 is 5.60 Å². The highest BCUT2D eigenvalue weighted by atomic mass is 16.3. The predicted octanol–water partition coefficient (Wildman–Crippen LogP) is 0.894. The Morgan fingerprint density at radius 2 is 1.74 bits per heavy atom. The number of likely N-dealkylation sites (tertiary alicyclic amines) is 2. The van der Waals surface area contributed by atoms with Crippen molar-refractivity contribution in [2.45, 2.75) is 44.6 Å². The summed E-state index contributed by atoms with van der Waals surface area (Å²) in [4.78, 5) is 5.13. The molecule has 0 aliphatic carbocycles. The van der Waals surface area contributed by atoms with Crippen LogP contribution in [-0.2, 0) is 0 Å². The van der Waals surface area contributed by atoms with Crippen LogP contribution in [0.3, 0.4) is 0 Å². The highest BCUT2D eigenvalue weighted by Gasteiger charge is 2.24. The molecule has 1 unspecified atom stereocenters. The van der Waals surface area contributed by atoms with Gasteiger partial charge in [0.15, 0.2) is 0 Å². The SMILES string of the molecule is CC(O)(CN)CCN1CCC(CN2CCCC2)CC1. The molecule has 1 atom stereocenters. The van der Waals surface area contributed by atoms with E-state index >= 15 is 0 Å². The Bertz CT molecular complexity index is 256. The fourth-order valence-electron chi connectivity index (χ4n) is 3.22. The number of aliphatic hydroxyl groups is 1. The molecule has 0 amide bonds. The van der Waals surface area contributed by atoms with Gasteiger partial charge < -0.3 is 20.6 Å². The van der Waals surface area contributed by atoms with Crippen molar-refractivity contribution in [3.63, 3.8) is 0 Å². The summed E-state index contributed by atoms with van der Waals surface area (Å²) in [7, 11) is 0. The first kappa shape index (κ1) is 15.2. The van der Waals surface area contributed by atoms with Crippen molar-refractivity contribution >= 4 is 0 Å². The van der Waals surface area contributed by atoms with E-state index in [0.29, 0.717) is 6.54 Å². The summed E-state index contributed by atoms with van der Waals surface area (Å²) in [5, 5.41) is 9.94. The third-order valence-corrected chi connectivity index (χ3v) is 4.83. The van der Waals surface area contributed by atoms with Gasteiger partial charge in [-0.1, -0.05) is 0 Å². The van der Waals surface area contributed by atoms with Gasteiger partial charge >= 0.3 is 0 Å². The second-order valence-electron chi connectivity index (χ2n) is 6.74. The molecule has 2 saturated heterocycles. The van der Waals surface area contributed by atoms with E-state index in [0.717, 1.165) is 18.9 Å². The summed E-state index contributed by atoms with van der Waals surface area (Å²) in [6.45, 7) is 9.53. The molecule has 3 N–H and O–H groups in total. The zero-order chi connectivity index (χ0) is 13.7. The van der Waals surface area contributed by atoms with Gasteiger partial charge in [0.2, 0.25) is 0 Å². The standard InChI is InChI=1S/C15H31N3O/c1-15(19,13-16)6-11-17-9-4-14(5-10-17)12-18-7-2-3-8-18/h14,19H,2-13,16H2,1H3. The van der Waals surface area contributed by atoms with Crippen LogP contribution >= 0.6 is 0 Å². The van der Waals surface area contributed by atoms with Crippen molar-refractivity contribution < 1.29 is 5.11 Å². The van der Waals surface area contributed by atoms with Crippen LogP contribution in [0.25, 0.3) is 0 Å². The van der Waals surface area contributed by atoms with Crippen molar-refractivity contribution in [1.29, 1.82) is 0 Å². The van der Waals surface area contributed by atoms with E-state index in [1.165, 1.54) is 58.4 Å². The van der Waals surface area contributed by atoms with Crippen LogP contribution in [0.15, 0.2) is 0 Å². The quantitative estimate of drug-likeness (QED) is 0.752. The van der Waals surface area contributed by atoms with E-state index in [4.69, 9.17) is 5.73 Å². The first-order valence-electron chi connectivity index (χ1n) is 7.96. The van der Waals surface area contributed by atoms with Crippen molar-refractivity contribution in [1.82, 2.24) is 9.80 Å². The molecular formula is C15H31N3O. The minimum absolute atomic E-state index is 0.360. The lowest BCUT2D eigenvalue weighted by atomic mass is 9.95. The van der Waals surface area contributed by atoms with E-state index in [9.17, 15) is 5.11 Å². The normalized spacial score (nSPS) is 26.7. The number of piperidine rings is 1.